The minimum Gasteiger partial charge on any atom is -0.481 e. The van der Waals surface area contributed by atoms with E-state index in [1.165, 1.54) is 12.1 Å². The van der Waals surface area contributed by atoms with E-state index in [0.29, 0.717) is 13.1 Å². The summed E-state index contributed by atoms with van der Waals surface area (Å²) in [5.74, 6) is -1.12. The number of benzene rings is 1. The lowest BCUT2D eigenvalue weighted by Crippen LogP contribution is -2.21. The molecule has 0 unspecified atom stereocenters. The average molecular weight is 290 g/mol. The van der Waals surface area contributed by atoms with Crippen molar-refractivity contribution >= 4 is 21.9 Å². The zero-order valence-corrected chi connectivity index (χ0v) is 10.5. The zero-order valence-electron chi connectivity index (χ0n) is 8.91. The summed E-state index contributed by atoms with van der Waals surface area (Å²) in [6.45, 7) is 0.962. The number of halogens is 2. The van der Waals surface area contributed by atoms with Crippen molar-refractivity contribution in [1.82, 2.24) is 4.90 Å². The third kappa shape index (κ3) is 4.28. The van der Waals surface area contributed by atoms with Crippen LogP contribution in [0.25, 0.3) is 0 Å². The number of hydrogen-bond donors (Lipinski definition) is 1. The first-order valence-electron chi connectivity index (χ1n) is 4.83. The second-order valence-electron chi connectivity index (χ2n) is 3.62. The molecule has 0 aliphatic carbocycles. The largest absolute Gasteiger partial charge is 0.481 e. The lowest BCUT2D eigenvalue weighted by atomic mass is 10.2. The minimum atomic E-state index is -0.829. The van der Waals surface area contributed by atoms with Crippen molar-refractivity contribution in [3.8, 4) is 0 Å². The molecule has 1 rings (SSSR count). The van der Waals surface area contributed by atoms with Crippen LogP contribution in [0.2, 0.25) is 0 Å². The third-order valence-electron chi connectivity index (χ3n) is 2.16. The molecule has 1 aromatic rings. The molecule has 0 saturated heterocycles. The molecule has 0 saturated carbocycles. The van der Waals surface area contributed by atoms with Crippen LogP contribution in [0.5, 0.6) is 0 Å². The second-order valence-corrected chi connectivity index (χ2v) is 4.47. The lowest BCUT2D eigenvalue weighted by molar-refractivity contribution is -0.137. The van der Waals surface area contributed by atoms with Gasteiger partial charge in [-0.1, -0.05) is 15.9 Å². The summed E-state index contributed by atoms with van der Waals surface area (Å²) in [4.78, 5) is 12.2. The van der Waals surface area contributed by atoms with Gasteiger partial charge in [0.2, 0.25) is 0 Å². The first-order chi connectivity index (χ1) is 7.49. The van der Waals surface area contributed by atoms with Crippen LogP contribution in [0.15, 0.2) is 22.7 Å². The van der Waals surface area contributed by atoms with E-state index in [4.69, 9.17) is 5.11 Å². The molecule has 0 aliphatic rings. The fourth-order valence-corrected chi connectivity index (χ4v) is 1.69. The van der Waals surface area contributed by atoms with Gasteiger partial charge in [-0.2, -0.15) is 0 Å². The van der Waals surface area contributed by atoms with Crippen LogP contribution in [-0.4, -0.2) is 29.6 Å². The fraction of sp³-hybridized carbons (Fsp3) is 0.364. The SMILES string of the molecule is CN(CCC(=O)O)Cc1cc(F)ccc1Br. The Kier molecular flexibility index (Phi) is 4.89. The Labute approximate surface area is 102 Å². The highest BCUT2D eigenvalue weighted by Crippen LogP contribution is 2.19. The first-order valence-corrected chi connectivity index (χ1v) is 5.62. The van der Waals surface area contributed by atoms with Gasteiger partial charge in [-0.3, -0.25) is 4.79 Å². The molecular weight excluding hydrogens is 277 g/mol. The topological polar surface area (TPSA) is 40.5 Å². The van der Waals surface area contributed by atoms with E-state index in [0.717, 1.165) is 10.0 Å². The van der Waals surface area contributed by atoms with Crippen LogP contribution in [0.4, 0.5) is 4.39 Å². The molecule has 0 radical (unpaired) electrons. The van der Waals surface area contributed by atoms with Gasteiger partial charge in [0.05, 0.1) is 6.42 Å². The van der Waals surface area contributed by atoms with Crippen LogP contribution in [0.1, 0.15) is 12.0 Å². The van der Waals surface area contributed by atoms with E-state index in [9.17, 15) is 9.18 Å². The maximum atomic E-state index is 13.0. The number of hydrogen-bond acceptors (Lipinski definition) is 2. The van der Waals surface area contributed by atoms with Gasteiger partial charge in [0.15, 0.2) is 0 Å². The molecular formula is C11H13BrFNO2. The molecule has 0 bridgehead atoms. The zero-order chi connectivity index (χ0) is 12.1. The maximum Gasteiger partial charge on any atom is 0.304 e. The van der Waals surface area contributed by atoms with E-state index in [1.807, 2.05) is 4.90 Å². The van der Waals surface area contributed by atoms with Crippen molar-refractivity contribution in [1.29, 1.82) is 0 Å². The number of nitrogens with zero attached hydrogens (tertiary/aromatic N) is 1. The van der Waals surface area contributed by atoms with Crippen LogP contribution in [-0.2, 0) is 11.3 Å². The Hall–Kier alpha value is -0.940. The van der Waals surface area contributed by atoms with E-state index in [2.05, 4.69) is 15.9 Å². The Balaban J connectivity index is 2.58. The molecule has 1 aromatic carbocycles. The molecule has 3 nitrogen and oxygen atoms in total. The van der Waals surface area contributed by atoms with Crippen molar-refractivity contribution in [2.24, 2.45) is 0 Å². The molecule has 0 spiro atoms. The van der Waals surface area contributed by atoms with Crippen molar-refractivity contribution in [2.45, 2.75) is 13.0 Å². The Morgan fingerprint density at radius 1 is 1.56 bits per heavy atom. The molecule has 0 amide bonds. The summed E-state index contributed by atoms with van der Waals surface area (Å²) in [7, 11) is 1.81. The summed E-state index contributed by atoms with van der Waals surface area (Å²) in [6.07, 6.45) is 0.0867. The van der Waals surface area contributed by atoms with E-state index in [-0.39, 0.29) is 12.2 Å². The minimum absolute atomic E-state index is 0.0867. The first kappa shape index (κ1) is 13.1. The van der Waals surface area contributed by atoms with Crippen molar-refractivity contribution in [3.63, 3.8) is 0 Å². The van der Waals surface area contributed by atoms with E-state index < -0.39 is 5.97 Å². The predicted octanol–water partition coefficient (Wildman–Crippen LogP) is 2.49. The van der Waals surface area contributed by atoms with Gasteiger partial charge in [-0.15, -0.1) is 0 Å². The summed E-state index contributed by atoms with van der Waals surface area (Å²) < 4.78 is 13.8. The number of carboxylic acid groups (broad SMARTS) is 1. The maximum absolute atomic E-state index is 13.0. The Morgan fingerprint density at radius 2 is 2.25 bits per heavy atom. The lowest BCUT2D eigenvalue weighted by Gasteiger charge is -2.16. The molecule has 1 N–H and O–H groups in total. The fourth-order valence-electron chi connectivity index (χ4n) is 1.32. The van der Waals surface area contributed by atoms with Crippen molar-refractivity contribution in [3.05, 3.63) is 34.1 Å². The van der Waals surface area contributed by atoms with Crippen LogP contribution < -0.4 is 0 Å². The molecule has 0 heterocycles. The molecule has 0 atom stereocenters. The quantitative estimate of drug-likeness (QED) is 0.905. The Morgan fingerprint density at radius 3 is 2.88 bits per heavy atom. The number of rotatable bonds is 5. The van der Waals surface area contributed by atoms with Crippen LogP contribution in [0, 0.1) is 5.82 Å². The summed E-state index contributed by atoms with van der Waals surface area (Å²) in [5, 5.41) is 8.53. The normalized spacial score (nSPS) is 10.8. The highest BCUT2D eigenvalue weighted by molar-refractivity contribution is 9.10. The summed E-state index contributed by atoms with van der Waals surface area (Å²) >= 11 is 3.33. The third-order valence-corrected chi connectivity index (χ3v) is 2.93. The van der Waals surface area contributed by atoms with E-state index in [1.54, 1.807) is 13.1 Å². The monoisotopic (exact) mass is 289 g/mol. The Bertz CT molecular complexity index is 384. The van der Waals surface area contributed by atoms with Gasteiger partial charge in [0, 0.05) is 17.6 Å². The molecule has 16 heavy (non-hydrogen) atoms. The molecule has 0 aromatic heterocycles. The predicted molar refractivity (Wildman–Crippen MR) is 62.7 cm³/mol. The highest BCUT2D eigenvalue weighted by atomic mass is 79.9. The standard InChI is InChI=1S/C11H13BrFNO2/c1-14(5-4-11(15)16)7-8-6-9(13)2-3-10(8)12/h2-3,6H,4-5,7H2,1H3,(H,15,16). The summed E-state index contributed by atoms with van der Waals surface area (Å²) in [6, 6.07) is 4.47. The van der Waals surface area contributed by atoms with E-state index >= 15 is 0 Å². The van der Waals surface area contributed by atoms with Gasteiger partial charge in [0.25, 0.3) is 0 Å². The van der Waals surface area contributed by atoms with Crippen molar-refractivity contribution in [2.75, 3.05) is 13.6 Å². The van der Waals surface area contributed by atoms with Crippen LogP contribution in [0.3, 0.4) is 0 Å². The average Bonchev–Trinajstić information content (AvgIpc) is 2.20. The molecule has 5 heteroatoms. The molecule has 88 valence electrons. The molecule has 0 aliphatic heterocycles. The number of carbonyl (C=O) groups is 1. The van der Waals surface area contributed by atoms with Gasteiger partial charge in [-0.05, 0) is 30.8 Å². The van der Waals surface area contributed by atoms with Gasteiger partial charge < -0.3 is 10.0 Å². The number of aliphatic carboxylic acids is 1. The second kappa shape index (κ2) is 5.96. The highest BCUT2D eigenvalue weighted by Gasteiger charge is 2.07. The smallest absolute Gasteiger partial charge is 0.304 e. The summed E-state index contributed by atoms with van der Waals surface area (Å²) in [5.41, 5.74) is 0.813. The van der Waals surface area contributed by atoms with Crippen LogP contribution >= 0.6 is 15.9 Å². The molecule has 0 fully saturated rings. The van der Waals surface area contributed by atoms with Gasteiger partial charge >= 0.3 is 5.97 Å². The van der Waals surface area contributed by atoms with Gasteiger partial charge in [-0.25, -0.2) is 4.39 Å². The number of carboxylic acids is 1. The van der Waals surface area contributed by atoms with Crippen molar-refractivity contribution < 1.29 is 14.3 Å². The van der Waals surface area contributed by atoms with Gasteiger partial charge in [0.1, 0.15) is 5.82 Å².